The largest absolute Gasteiger partial charge is 0.502 e. The van der Waals surface area contributed by atoms with Gasteiger partial charge in [0.05, 0.1) is 19.5 Å². The highest BCUT2D eigenvalue weighted by atomic mass is 16.5. The lowest BCUT2D eigenvalue weighted by atomic mass is 9.83. The normalized spacial score (nSPS) is 12.2. The minimum Gasteiger partial charge on any atom is -0.502 e. The molecule has 32 heavy (non-hydrogen) atoms. The summed E-state index contributed by atoms with van der Waals surface area (Å²) in [7, 11) is 0. The van der Waals surface area contributed by atoms with Gasteiger partial charge in [-0.05, 0) is 30.1 Å². The molecule has 178 valence electrons. The van der Waals surface area contributed by atoms with E-state index >= 15 is 0 Å². The van der Waals surface area contributed by atoms with Gasteiger partial charge in [0.25, 0.3) is 0 Å². The highest BCUT2D eigenvalue weighted by Gasteiger charge is 2.22. The second-order valence-corrected chi connectivity index (χ2v) is 9.61. The van der Waals surface area contributed by atoms with Crippen molar-refractivity contribution in [1.82, 2.24) is 0 Å². The smallest absolute Gasteiger partial charge is 0.229 e. The Morgan fingerprint density at radius 2 is 1.41 bits per heavy atom. The molecule has 0 aromatic carbocycles. The Morgan fingerprint density at radius 3 is 2.00 bits per heavy atom. The van der Waals surface area contributed by atoms with Crippen LogP contribution < -0.4 is 10.9 Å². The van der Waals surface area contributed by atoms with Crippen molar-refractivity contribution in [2.45, 2.75) is 53.4 Å². The highest BCUT2D eigenvalue weighted by molar-refractivity contribution is 5.21. The summed E-state index contributed by atoms with van der Waals surface area (Å²) in [4.78, 5) is 23.5. The van der Waals surface area contributed by atoms with Gasteiger partial charge >= 0.3 is 0 Å². The van der Waals surface area contributed by atoms with Gasteiger partial charge < -0.3 is 28.5 Å². The number of hydrogen-bond donors (Lipinski definition) is 2. The molecule has 0 bridgehead atoms. The molecule has 2 heterocycles. The molecule has 0 atom stereocenters. The predicted octanol–water partition coefficient (Wildman–Crippen LogP) is 3.66. The minimum absolute atomic E-state index is 0.129. The molecular weight excluding hydrogens is 416 g/mol. The van der Waals surface area contributed by atoms with Crippen molar-refractivity contribution in [2.24, 2.45) is 10.8 Å². The molecular formula is C24H34O8. The van der Waals surface area contributed by atoms with Crippen LogP contribution in [-0.2, 0) is 22.3 Å². The summed E-state index contributed by atoms with van der Waals surface area (Å²) in [5.41, 5.74) is -0.696. The maximum absolute atomic E-state index is 11.9. The van der Waals surface area contributed by atoms with E-state index in [0.717, 1.165) is 25.4 Å². The van der Waals surface area contributed by atoms with E-state index in [4.69, 9.17) is 18.3 Å². The molecule has 0 unspecified atom stereocenters. The average molecular weight is 451 g/mol. The van der Waals surface area contributed by atoms with Gasteiger partial charge in [-0.2, -0.15) is 0 Å². The van der Waals surface area contributed by atoms with Gasteiger partial charge in [-0.25, -0.2) is 0 Å². The second kappa shape index (κ2) is 11.3. The number of rotatable bonds is 13. The zero-order valence-corrected chi connectivity index (χ0v) is 19.3. The molecule has 0 aliphatic carbocycles. The molecule has 8 heteroatoms. The molecule has 2 N–H and O–H groups in total. The van der Waals surface area contributed by atoms with Crippen molar-refractivity contribution in [2.75, 3.05) is 26.4 Å². The molecule has 0 saturated carbocycles. The van der Waals surface area contributed by atoms with Crippen LogP contribution in [-0.4, -0.2) is 36.6 Å². The summed E-state index contributed by atoms with van der Waals surface area (Å²) in [6.45, 7) is 10.2. The lowest BCUT2D eigenvalue weighted by molar-refractivity contribution is 0.0284. The number of ether oxygens (including phenoxy) is 2. The summed E-state index contributed by atoms with van der Waals surface area (Å²) < 4.78 is 21.6. The van der Waals surface area contributed by atoms with Crippen molar-refractivity contribution in [1.29, 1.82) is 0 Å². The average Bonchev–Trinajstić information content (AvgIpc) is 2.70. The number of hydrogen-bond acceptors (Lipinski definition) is 8. The Morgan fingerprint density at radius 1 is 0.812 bits per heavy atom. The summed E-state index contributed by atoms with van der Waals surface area (Å²) in [5.74, 6) is -0.224. The van der Waals surface area contributed by atoms with Gasteiger partial charge in [-0.3, -0.25) is 9.59 Å². The van der Waals surface area contributed by atoms with Gasteiger partial charge in [0.2, 0.25) is 10.9 Å². The molecule has 8 nitrogen and oxygen atoms in total. The first-order valence-corrected chi connectivity index (χ1v) is 10.7. The first-order chi connectivity index (χ1) is 15.0. The van der Waals surface area contributed by atoms with E-state index in [2.05, 4.69) is 13.8 Å². The fourth-order valence-electron chi connectivity index (χ4n) is 3.29. The van der Waals surface area contributed by atoms with Crippen LogP contribution in [0.5, 0.6) is 11.5 Å². The van der Waals surface area contributed by atoms with Crippen molar-refractivity contribution < 1.29 is 28.5 Å². The first kappa shape index (κ1) is 25.7. The van der Waals surface area contributed by atoms with Crippen LogP contribution in [0.1, 0.15) is 51.9 Å². The summed E-state index contributed by atoms with van der Waals surface area (Å²) in [6.07, 6.45) is 6.06. The Kier molecular flexibility index (Phi) is 9.09. The van der Waals surface area contributed by atoms with Gasteiger partial charge in [-0.15, -0.1) is 0 Å². The van der Waals surface area contributed by atoms with E-state index in [1.54, 1.807) is 0 Å². The van der Waals surface area contributed by atoms with Gasteiger partial charge in [0.15, 0.2) is 11.5 Å². The standard InChI is InChI=1S/C24H34O8/c1-23(2,12-17-14-31-15-21(27)22(17)28)5-7-29-9-10-30-8-6-24(3,4)13-18-11-19(25)20(26)16-32-18/h11,14-16,26-27H,5-10,12-13H2,1-4H3. The van der Waals surface area contributed by atoms with Crippen molar-refractivity contribution in [3.63, 3.8) is 0 Å². The van der Waals surface area contributed by atoms with Crippen molar-refractivity contribution in [3.05, 3.63) is 56.6 Å². The fourth-order valence-corrected chi connectivity index (χ4v) is 3.29. The molecule has 0 aliphatic heterocycles. The van der Waals surface area contributed by atoms with E-state index in [0.29, 0.717) is 50.6 Å². The summed E-state index contributed by atoms with van der Waals surface area (Å²) >= 11 is 0. The Labute approximate surface area is 187 Å². The van der Waals surface area contributed by atoms with Crippen LogP contribution in [0.2, 0.25) is 0 Å². The van der Waals surface area contributed by atoms with Gasteiger partial charge in [-0.1, -0.05) is 27.7 Å². The summed E-state index contributed by atoms with van der Waals surface area (Å²) in [5, 5.41) is 18.8. The SMILES string of the molecule is CC(C)(CCOCCOCCC(C)(C)Cc1cocc(O)c1=O)Cc1cc(=O)c(O)co1. The quantitative estimate of drug-likeness (QED) is 0.444. The lowest BCUT2D eigenvalue weighted by Gasteiger charge is -2.24. The third kappa shape index (κ3) is 8.51. The monoisotopic (exact) mass is 450 g/mol. The Hall–Kier alpha value is -2.58. The van der Waals surface area contributed by atoms with E-state index in [1.165, 1.54) is 12.3 Å². The van der Waals surface area contributed by atoms with Crippen molar-refractivity contribution >= 4 is 0 Å². The van der Waals surface area contributed by atoms with Gasteiger partial charge in [0.1, 0.15) is 18.3 Å². The van der Waals surface area contributed by atoms with Crippen LogP contribution in [0, 0.1) is 10.8 Å². The molecule has 2 aromatic heterocycles. The molecule has 0 radical (unpaired) electrons. The molecule has 0 spiro atoms. The maximum Gasteiger partial charge on any atom is 0.229 e. The van der Waals surface area contributed by atoms with Crippen molar-refractivity contribution in [3.8, 4) is 11.5 Å². The van der Waals surface area contributed by atoms with Crippen LogP contribution in [0.25, 0.3) is 0 Å². The maximum atomic E-state index is 11.9. The zero-order chi connectivity index (χ0) is 23.8. The zero-order valence-electron chi connectivity index (χ0n) is 19.3. The number of aromatic hydroxyl groups is 2. The fraction of sp³-hybridized carbons (Fsp3) is 0.583. The second-order valence-electron chi connectivity index (χ2n) is 9.61. The van der Waals surface area contributed by atoms with E-state index in [1.807, 2.05) is 13.8 Å². The molecule has 0 amide bonds. The third-order valence-electron chi connectivity index (χ3n) is 5.32. The molecule has 0 saturated heterocycles. The third-order valence-corrected chi connectivity index (χ3v) is 5.32. The van der Waals surface area contributed by atoms with E-state index < -0.39 is 10.9 Å². The van der Waals surface area contributed by atoms with E-state index in [-0.39, 0.29) is 22.3 Å². The van der Waals surface area contributed by atoms with Crippen LogP contribution >= 0.6 is 0 Å². The molecule has 0 aliphatic rings. The van der Waals surface area contributed by atoms with Crippen LogP contribution in [0.15, 0.2) is 43.3 Å². The molecule has 2 aromatic rings. The molecule has 0 fully saturated rings. The van der Waals surface area contributed by atoms with Gasteiger partial charge in [0, 0.05) is 31.3 Å². The molecule has 2 rings (SSSR count). The summed E-state index contributed by atoms with van der Waals surface area (Å²) in [6, 6.07) is 1.32. The van der Waals surface area contributed by atoms with Crippen LogP contribution in [0.4, 0.5) is 0 Å². The first-order valence-electron chi connectivity index (χ1n) is 10.7. The van der Waals surface area contributed by atoms with Crippen LogP contribution in [0.3, 0.4) is 0 Å². The highest BCUT2D eigenvalue weighted by Crippen LogP contribution is 2.26. The lowest BCUT2D eigenvalue weighted by Crippen LogP contribution is -2.22. The Balaban J connectivity index is 1.61. The van der Waals surface area contributed by atoms with E-state index in [9.17, 15) is 19.8 Å². The topological polar surface area (TPSA) is 119 Å². The minimum atomic E-state index is -0.441. The Bertz CT molecular complexity index is 970. The predicted molar refractivity (Wildman–Crippen MR) is 119 cm³/mol.